The first kappa shape index (κ1) is 22.4. The number of anilines is 1. The van der Waals surface area contributed by atoms with Crippen LogP contribution in [-0.2, 0) is 11.4 Å². The van der Waals surface area contributed by atoms with Gasteiger partial charge in [-0.25, -0.2) is 9.69 Å². The molecule has 0 aromatic heterocycles. The van der Waals surface area contributed by atoms with Crippen LogP contribution >= 0.6 is 31.9 Å². The van der Waals surface area contributed by atoms with Crippen molar-refractivity contribution in [3.8, 4) is 5.75 Å². The quantitative estimate of drug-likeness (QED) is 0.204. The molecule has 4 aromatic carbocycles. The summed E-state index contributed by atoms with van der Waals surface area (Å²) in [6.45, 7) is 0.402. The summed E-state index contributed by atoms with van der Waals surface area (Å²) in [4.78, 5) is 26.4. The average molecular weight is 578 g/mol. The minimum atomic E-state index is -0.476. The molecular weight excluding hydrogens is 560 g/mol. The van der Waals surface area contributed by atoms with Crippen LogP contribution in [0.5, 0.6) is 5.75 Å². The number of rotatable bonds is 5. The van der Waals surface area contributed by atoms with Crippen LogP contribution in [0.3, 0.4) is 0 Å². The van der Waals surface area contributed by atoms with Crippen molar-refractivity contribution in [2.45, 2.75) is 6.61 Å². The Morgan fingerprint density at radius 2 is 1.53 bits per heavy atom. The summed E-state index contributed by atoms with van der Waals surface area (Å²) in [5.74, 6) is 0.252. The SMILES string of the molecule is O=C1N/C(=C/c2cc(Br)c(OCc3cccc4ccccc34)c(Br)c2)C(=O)N1c1ccccc1. The van der Waals surface area contributed by atoms with Gasteiger partial charge in [-0.2, -0.15) is 0 Å². The van der Waals surface area contributed by atoms with Gasteiger partial charge in [0.2, 0.25) is 0 Å². The molecule has 1 heterocycles. The number of para-hydroxylation sites is 1. The third kappa shape index (κ3) is 4.36. The number of hydrogen-bond donors (Lipinski definition) is 1. The number of nitrogens with zero attached hydrogens (tertiary/aromatic N) is 1. The van der Waals surface area contributed by atoms with Crippen LogP contribution in [0.4, 0.5) is 10.5 Å². The van der Waals surface area contributed by atoms with Crippen LogP contribution in [-0.4, -0.2) is 11.9 Å². The lowest BCUT2D eigenvalue weighted by Gasteiger charge is -2.13. The molecule has 5 nitrogen and oxygen atoms in total. The Bertz CT molecular complexity index is 1420. The largest absolute Gasteiger partial charge is 0.487 e. The molecule has 0 bridgehead atoms. The maximum absolute atomic E-state index is 12.9. The van der Waals surface area contributed by atoms with E-state index >= 15 is 0 Å². The first-order valence-corrected chi connectivity index (χ1v) is 12.1. The van der Waals surface area contributed by atoms with Crippen molar-refractivity contribution in [2.75, 3.05) is 4.90 Å². The molecule has 168 valence electrons. The smallest absolute Gasteiger partial charge is 0.333 e. The summed E-state index contributed by atoms with van der Waals surface area (Å²) < 4.78 is 7.60. The molecule has 3 amide bonds. The van der Waals surface area contributed by atoms with E-state index < -0.39 is 11.9 Å². The van der Waals surface area contributed by atoms with E-state index in [4.69, 9.17) is 4.74 Å². The minimum Gasteiger partial charge on any atom is -0.487 e. The Hall–Kier alpha value is -3.42. The number of hydrogen-bond acceptors (Lipinski definition) is 3. The standard InChI is InChI=1S/C27H18Br2N2O3/c28-22-13-17(15-24-26(32)31(27(33)30-24)20-10-2-1-3-11-20)14-23(29)25(22)34-16-19-9-6-8-18-7-4-5-12-21(18)19/h1-15H,16H2,(H,30,33)/b24-15+. The van der Waals surface area contributed by atoms with Crippen molar-refractivity contribution in [2.24, 2.45) is 0 Å². The van der Waals surface area contributed by atoms with Gasteiger partial charge in [0.25, 0.3) is 5.91 Å². The second-order valence-electron chi connectivity index (χ2n) is 7.70. The molecule has 0 radical (unpaired) electrons. The number of halogens is 2. The van der Waals surface area contributed by atoms with Crippen LogP contribution in [0, 0.1) is 0 Å². The van der Waals surface area contributed by atoms with Crippen LogP contribution in [0.1, 0.15) is 11.1 Å². The predicted octanol–water partition coefficient (Wildman–Crippen LogP) is 7.04. The highest BCUT2D eigenvalue weighted by Gasteiger charge is 2.34. The lowest BCUT2D eigenvalue weighted by atomic mass is 10.1. The van der Waals surface area contributed by atoms with E-state index in [9.17, 15) is 9.59 Å². The highest BCUT2D eigenvalue weighted by atomic mass is 79.9. The van der Waals surface area contributed by atoms with Gasteiger partial charge < -0.3 is 10.1 Å². The highest BCUT2D eigenvalue weighted by molar-refractivity contribution is 9.11. The van der Waals surface area contributed by atoms with Crippen LogP contribution in [0.2, 0.25) is 0 Å². The van der Waals surface area contributed by atoms with E-state index in [1.54, 1.807) is 30.3 Å². The van der Waals surface area contributed by atoms with E-state index in [-0.39, 0.29) is 5.70 Å². The van der Waals surface area contributed by atoms with E-state index in [0.29, 0.717) is 18.0 Å². The van der Waals surface area contributed by atoms with Gasteiger partial charge in [0.15, 0.2) is 0 Å². The molecule has 1 N–H and O–H groups in total. The fourth-order valence-corrected chi connectivity index (χ4v) is 5.33. The van der Waals surface area contributed by atoms with Crippen LogP contribution in [0.15, 0.2) is 99.6 Å². The Morgan fingerprint density at radius 3 is 2.29 bits per heavy atom. The molecule has 1 saturated heterocycles. The molecule has 1 aliphatic rings. The van der Waals surface area contributed by atoms with Gasteiger partial charge in [-0.1, -0.05) is 60.7 Å². The predicted molar refractivity (Wildman–Crippen MR) is 141 cm³/mol. The molecule has 0 saturated carbocycles. The molecule has 1 fully saturated rings. The molecule has 0 aliphatic carbocycles. The van der Waals surface area contributed by atoms with Crippen molar-refractivity contribution >= 4 is 66.3 Å². The average Bonchev–Trinajstić information content (AvgIpc) is 3.11. The van der Waals surface area contributed by atoms with E-state index in [1.165, 1.54) is 0 Å². The monoisotopic (exact) mass is 576 g/mol. The maximum atomic E-state index is 12.9. The number of ether oxygens (including phenoxy) is 1. The first-order chi connectivity index (χ1) is 16.5. The summed E-state index contributed by atoms with van der Waals surface area (Å²) in [6, 6.07) is 26.4. The van der Waals surface area contributed by atoms with Gasteiger partial charge in [0.05, 0.1) is 14.6 Å². The third-order valence-electron chi connectivity index (χ3n) is 5.48. The second kappa shape index (κ2) is 9.44. The lowest BCUT2D eigenvalue weighted by molar-refractivity contribution is -0.113. The lowest BCUT2D eigenvalue weighted by Crippen LogP contribution is -2.30. The second-order valence-corrected chi connectivity index (χ2v) is 9.41. The van der Waals surface area contributed by atoms with E-state index in [2.05, 4.69) is 61.4 Å². The summed E-state index contributed by atoms with van der Waals surface area (Å²) >= 11 is 7.16. The molecule has 0 unspecified atom stereocenters. The van der Waals surface area contributed by atoms with E-state index in [1.807, 2.05) is 36.4 Å². The van der Waals surface area contributed by atoms with Gasteiger partial charge in [0.1, 0.15) is 18.1 Å². The van der Waals surface area contributed by atoms with E-state index in [0.717, 1.165) is 35.7 Å². The fraction of sp³-hybridized carbons (Fsp3) is 0.0370. The van der Waals surface area contributed by atoms with Crippen molar-refractivity contribution < 1.29 is 14.3 Å². The Morgan fingerprint density at radius 1 is 0.853 bits per heavy atom. The van der Waals surface area contributed by atoms with Gasteiger partial charge in [0, 0.05) is 0 Å². The Labute approximate surface area is 213 Å². The van der Waals surface area contributed by atoms with Crippen molar-refractivity contribution in [3.05, 3.63) is 111 Å². The summed E-state index contributed by atoms with van der Waals surface area (Å²) in [7, 11) is 0. The molecule has 0 spiro atoms. The van der Waals surface area contributed by atoms with Crippen molar-refractivity contribution in [1.29, 1.82) is 0 Å². The summed E-state index contributed by atoms with van der Waals surface area (Å²) in [6.07, 6.45) is 1.65. The number of fused-ring (bicyclic) bond motifs is 1. The first-order valence-electron chi connectivity index (χ1n) is 10.5. The van der Waals surface area contributed by atoms with Crippen LogP contribution < -0.4 is 15.0 Å². The summed E-state index contributed by atoms with van der Waals surface area (Å²) in [5.41, 5.74) is 2.54. The molecule has 34 heavy (non-hydrogen) atoms. The van der Waals surface area contributed by atoms with Crippen molar-refractivity contribution in [3.63, 3.8) is 0 Å². The summed E-state index contributed by atoms with van der Waals surface area (Å²) in [5, 5.41) is 4.97. The number of imide groups is 1. The Kier molecular flexibility index (Phi) is 6.22. The number of carbonyl (C=O) groups excluding carboxylic acids is 2. The molecule has 1 aliphatic heterocycles. The molecule has 7 heteroatoms. The van der Waals surface area contributed by atoms with Gasteiger partial charge >= 0.3 is 6.03 Å². The zero-order valence-electron chi connectivity index (χ0n) is 17.8. The molecule has 0 atom stereocenters. The highest BCUT2D eigenvalue weighted by Crippen LogP contribution is 2.36. The number of benzene rings is 4. The number of urea groups is 1. The normalized spacial score (nSPS) is 14.6. The van der Waals surface area contributed by atoms with Crippen LogP contribution in [0.25, 0.3) is 16.8 Å². The van der Waals surface area contributed by atoms with Crippen molar-refractivity contribution in [1.82, 2.24) is 5.32 Å². The number of nitrogens with one attached hydrogen (secondary N) is 1. The maximum Gasteiger partial charge on any atom is 0.333 e. The fourth-order valence-electron chi connectivity index (χ4n) is 3.88. The number of carbonyl (C=O) groups is 2. The topological polar surface area (TPSA) is 58.6 Å². The minimum absolute atomic E-state index is 0.206. The van der Waals surface area contributed by atoms with Gasteiger partial charge in [-0.3, -0.25) is 4.79 Å². The molecule has 5 rings (SSSR count). The molecule has 4 aromatic rings. The zero-order valence-corrected chi connectivity index (χ0v) is 21.0. The van der Waals surface area contributed by atoms with Gasteiger partial charge in [-0.05, 0) is 84.1 Å². The third-order valence-corrected chi connectivity index (χ3v) is 6.65. The number of amides is 3. The Balaban J connectivity index is 1.38. The van der Waals surface area contributed by atoms with Gasteiger partial charge in [-0.15, -0.1) is 0 Å². The molecular formula is C27H18Br2N2O3. The zero-order chi connectivity index (χ0) is 23.7.